The highest BCUT2D eigenvalue weighted by Crippen LogP contribution is 2.33. The minimum atomic E-state index is -4.33. The highest BCUT2D eigenvalue weighted by atomic mass is 19.4. The molecule has 1 heterocycles. The number of nitrogens with zero attached hydrogens (tertiary/aromatic N) is 1. The van der Waals surface area contributed by atoms with Gasteiger partial charge in [0.1, 0.15) is 12.4 Å². The summed E-state index contributed by atoms with van der Waals surface area (Å²) in [5.74, 6) is 0.727. The summed E-state index contributed by atoms with van der Waals surface area (Å²) in [5, 5.41) is 0. The van der Waals surface area contributed by atoms with Crippen LogP contribution in [0.3, 0.4) is 0 Å². The molecule has 1 unspecified atom stereocenters. The number of halogens is 3. The number of carbonyl (C=O) groups excluding carboxylic acids is 1. The normalized spacial score (nSPS) is 19.6. The van der Waals surface area contributed by atoms with Crippen molar-refractivity contribution in [1.29, 1.82) is 0 Å². The molecule has 0 aromatic heterocycles. The van der Waals surface area contributed by atoms with E-state index in [1.807, 2.05) is 18.2 Å². The molecular formula is C26H28F3NO3. The van der Waals surface area contributed by atoms with Crippen LogP contribution < -0.4 is 4.74 Å². The van der Waals surface area contributed by atoms with Gasteiger partial charge in [0.2, 0.25) is 0 Å². The second-order valence-corrected chi connectivity index (χ2v) is 8.65. The fraction of sp³-hybridized carbons (Fsp3) is 0.423. The Balaban J connectivity index is 1.34. The molecule has 4 rings (SSSR count). The van der Waals surface area contributed by atoms with E-state index in [0.717, 1.165) is 56.7 Å². The topological polar surface area (TPSA) is 38.8 Å². The number of hydrogen-bond donors (Lipinski definition) is 0. The van der Waals surface area contributed by atoms with Crippen LogP contribution in [0.25, 0.3) is 6.08 Å². The predicted molar refractivity (Wildman–Crippen MR) is 120 cm³/mol. The van der Waals surface area contributed by atoms with Crippen molar-refractivity contribution in [2.75, 3.05) is 26.8 Å². The molecule has 33 heavy (non-hydrogen) atoms. The zero-order valence-corrected chi connectivity index (χ0v) is 18.6. The van der Waals surface area contributed by atoms with Gasteiger partial charge in [0.25, 0.3) is 0 Å². The highest BCUT2D eigenvalue weighted by molar-refractivity contribution is 5.73. The number of ether oxygens (including phenoxy) is 2. The smallest absolute Gasteiger partial charge is 0.416 e. The van der Waals surface area contributed by atoms with Gasteiger partial charge in [0.05, 0.1) is 18.6 Å². The molecule has 1 aliphatic carbocycles. The maximum Gasteiger partial charge on any atom is 0.416 e. The number of esters is 1. The predicted octanol–water partition coefficient (Wildman–Crippen LogP) is 5.15. The first kappa shape index (κ1) is 23.4. The maximum atomic E-state index is 12.7. The van der Waals surface area contributed by atoms with E-state index < -0.39 is 11.7 Å². The Morgan fingerprint density at radius 2 is 1.91 bits per heavy atom. The molecule has 1 fully saturated rings. The van der Waals surface area contributed by atoms with Gasteiger partial charge in [-0.3, -0.25) is 9.69 Å². The number of alkyl halides is 3. The SMILES string of the molecule is COC(=O)C1CN(C2CCCc3c(cccc3OC/C=C/c3ccc(C(F)(F)F)cc3)C2)C1. The second kappa shape index (κ2) is 10.00. The van der Waals surface area contributed by atoms with E-state index in [2.05, 4.69) is 11.0 Å². The summed E-state index contributed by atoms with van der Waals surface area (Å²) in [4.78, 5) is 14.1. The van der Waals surface area contributed by atoms with Gasteiger partial charge >= 0.3 is 12.1 Å². The van der Waals surface area contributed by atoms with E-state index >= 15 is 0 Å². The molecule has 2 aromatic carbocycles. The summed E-state index contributed by atoms with van der Waals surface area (Å²) < 4.78 is 48.9. The zero-order valence-electron chi connectivity index (χ0n) is 18.6. The molecule has 1 aliphatic heterocycles. The molecule has 0 bridgehead atoms. The third-order valence-electron chi connectivity index (χ3n) is 6.49. The molecule has 0 radical (unpaired) electrons. The first-order valence-corrected chi connectivity index (χ1v) is 11.2. The molecular weight excluding hydrogens is 431 g/mol. The van der Waals surface area contributed by atoms with E-state index in [1.165, 1.54) is 30.4 Å². The van der Waals surface area contributed by atoms with E-state index in [-0.39, 0.29) is 11.9 Å². The van der Waals surface area contributed by atoms with Crippen LogP contribution in [-0.2, 0) is 28.5 Å². The van der Waals surface area contributed by atoms with Crippen molar-refractivity contribution in [3.05, 3.63) is 70.8 Å². The lowest BCUT2D eigenvalue weighted by molar-refractivity contribution is -0.152. The molecule has 0 saturated carbocycles. The van der Waals surface area contributed by atoms with E-state index in [0.29, 0.717) is 18.2 Å². The van der Waals surface area contributed by atoms with Crippen molar-refractivity contribution in [2.45, 2.75) is 37.9 Å². The molecule has 1 atom stereocenters. The van der Waals surface area contributed by atoms with Crippen LogP contribution in [-0.4, -0.2) is 43.7 Å². The van der Waals surface area contributed by atoms with Gasteiger partial charge in [-0.25, -0.2) is 0 Å². The second-order valence-electron chi connectivity index (χ2n) is 8.65. The number of likely N-dealkylation sites (tertiary alicyclic amines) is 1. The average molecular weight is 460 g/mol. The molecule has 0 N–H and O–H groups in total. The minimum Gasteiger partial charge on any atom is -0.489 e. The number of fused-ring (bicyclic) bond motifs is 1. The molecule has 2 aliphatic rings. The number of carbonyl (C=O) groups is 1. The Morgan fingerprint density at radius 1 is 1.15 bits per heavy atom. The molecule has 1 saturated heterocycles. The standard InChI is InChI=1S/C26H28F3NO3/c1-32-25(31)20-16-30(17-20)22-7-3-8-23-19(15-22)6-2-9-24(23)33-14-4-5-18-10-12-21(13-11-18)26(27,28)29/h2,4-6,9-13,20,22H,3,7-8,14-17H2,1H3/b5-4+. The Bertz CT molecular complexity index is 995. The van der Waals surface area contributed by atoms with Crippen molar-refractivity contribution >= 4 is 12.0 Å². The van der Waals surface area contributed by atoms with Crippen LogP contribution in [0.4, 0.5) is 13.2 Å². The number of hydrogen-bond acceptors (Lipinski definition) is 4. The number of methoxy groups -OCH3 is 1. The summed E-state index contributed by atoms with van der Waals surface area (Å²) in [5.41, 5.74) is 2.55. The lowest BCUT2D eigenvalue weighted by Crippen LogP contribution is -2.55. The first-order chi connectivity index (χ1) is 15.8. The van der Waals surface area contributed by atoms with Crippen molar-refractivity contribution in [3.8, 4) is 5.75 Å². The fourth-order valence-corrected chi connectivity index (χ4v) is 4.64. The molecule has 7 heteroatoms. The maximum absolute atomic E-state index is 12.7. The summed E-state index contributed by atoms with van der Waals surface area (Å²) in [6.07, 6.45) is 3.26. The summed E-state index contributed by atoms with van der Waals surface area (Å²) in [6, 6.07) is 11.6. The van der Waals surface area contributed by atoms with Gasteiger partial charge in [-0.2, -0.15) is 13.2 Å². The molecule has 176 valence electrons. The third-order valence-corrected chi connectivity index (χ3v) is 6.49. The lowest BCUT2D eigenvalue weighted by Gasteiger charge is -2.42. The van der Waals surface area contributed by atoms with Gasteiger partial charge in [-0.15, -0.1) is 0 Å². The first-order valence-electron chi connectivity index (χ1n) is 11.2. The van der Waals surface area contributed by atoms with Crippen molar-refractivity contribution in [3.63, 3.8) is 0 Å². The van der Waals surface area contributed by atoms with Gasteiger partial charge in [0.15, 0.2) is 0 Å². The summed E-state index contributed by atoms with van der Waals surface area (Å²) >= 11 is 0. The van der Waals surface area contributed by atoms with E-state index in [4.69, 9.17) is 9.47 Å². The van der Waals surface area contributed by atoms with Crippen molar-refractivity contribution in [1.82, 2.24) is 4.90 Å². The van der Waals surface area contributed by atoms with Gasteiger partial charge in [0, 0.05) is 19.1 Å². The fourth-order valence-electron chi connectivity index (χ4n) is 4.64. The van der Waals surface area contributed by atoms with Crippen LogP contribution in [0.15, 0.2) is 48.5 Å². The van der Waals surface area contributed by atoms with E-state index in [1.54, 1.807) is 6.08 Å². The zero-order chi connectivity index (χ0) is 23.4. The number of rotatable bonds is 6. The minimum absolute atomic E-state index is 0.0103. The molecule has 0 spiro atoms. The Labute approximate surface area is 192 Å². The van der Waals surface area contributed by atoms with Crippen LogP contribution in [0.1, 0.15) is 35.1 Å². The molecule has 0 amide bonds. The van der Waals surface area contributed by atoms with Gasteiger partial charge < -0.3 is 9.47 Å². The van der Waals surface area contributed by atoms with E-state index in [9.17, 15) is 18.0 Å². The van der Waals surface area contributed by atoms with Gasteiger partial charge in [-0.05, 0) is 66.6 Å². The van der Waals surface area contributed by atoms with Crippen LogP contribution >= 0.6 is 0 Å². The number of benzene rings is 2. The van der Waals surface area contributed by atoms with Gasteiger partial charge in [-0.1, -0.05) is 30.3 Å². The monoisotopic (exact) mass is 459 g/mol. The average Bonchev–Trinajstić information content (AvgIpc) is 2.98. The molecule has 2 aromatic rings. The largest absolute Gasteiger partial charge is 0.489 e. The van der Waals surface area contributed by atoms with Crippen LogP contribution in [0.5, 0.6) is 5.75 Å². The Hall–Kier alpha value is -2.80. The Morgan fingerprint density at radius 3 is 2.61 bits per heavy atom. The summed E-state index contributed by atoms with van der Waals surface area (Å²) in [7, 11) is 1.44. The lowest BCUT2D eigenvalue weighted by atomic mass is 9.93. The summed E-state index contributed by atoms with van der Waals surface area (Å²) in [6.45, 7) is 1.86. The van der Waals surface area contributed by atoms with Crippen LogP contribution in [0.2, 0.25) is 0 Å². The quantitative estimate of drug-likeness (QED) is 0.443. The Kier molecular flexibility index (Phi) is 7.08. The highest BCUT2D eigenvalue weighted by Gasteiger charge is 2.38. The van der Waals surface area contributed by atoms with Crippen molar-refractivity contribution in [2.24, 2.45) is 5.92 Å². The van der Waals surface area contributed by atoms with Crippen LogP contribution in [0, 0.1) is 5.92 Å². The molecule has 4 nitrogen and oxygen atoms in total. The third kappa shape index (κ3) is 5.58. The van der Waals surface area contributed by atoms with Crippen molar-refractivity contribution < 1.29 is 27.4 Å².